The van der Waals surface area contributed by atoms with Crippen molar-refractivity contribution >= 4 is 11.0 Å². The third-order valence-corrected chi connectivity index (χ3v) is 4.16. The first-order valence-electron chi connectivity index (χ1n) is 7.74. The van der Waals surface area contributed by atoms with Crippen molar-refractivity contribution in [3.63, 3.8) is 0 Å². The fourth-order valence-corrected chi connectivity index (χ4v) is 2.92. The molecule has 0 bridgehead atoms. The van der Waals surface area contributed by atoms with Crippen molar-refractivity contribution < 1.29 is 0 Å². The maximum atomic E-state index is 9.46. The Bertz CT molecular complexity index is 638. The summed E-state index contributed by atoms with van der Waals surface area (Å²) in [7, 11) is 0. The first-order valence-corrected chi connectivity index (χ1v) is 7.74. The summed E-state index contributed by atoms with van der Waals surface area (Å²) < 4.78 is 2.25. The molecule has 112 valence electrons. The van der Waals surface area contributed by atoms with Gasteiger partial charge >= 0.3 is 0 Å². The Morgan fingerprint density at radius 1 is 1.33 bits per heavy atom. The maximum absolute atomic E-state index is 9.46. The van der Waals surface area contributed by atoms with Gasteiger partial charge in [0.25, 0.3) is 0 Å². The number of para-hydroxylation sites is 2. The average Bonchev–Trinajstić information content (AvgIpc) is 2.82. The van der Waals surface area contributed by atoms with Crippen LogP contribution in [-0.2, 0) is 6.54 Å². The molecule has 21 heavy (non-hydrogen) atoms. The second kappa shape index (κ2) is 6.73. The summed E-state index contributed by atoms with van der Waals surface area (Å²) in [5.74, 6) is 1.04. The molecule has 1 heterocycles. The third kappa shape index (κ3) is 3.25. The molecule has 0 aliphatic carbocycles. The summed E-state index contributed by atoms with van der Waals surface area (Å²) in [5.41, 5.74) is 1.83. The Morgan fingerprint density at radius 2 is 2.10 bits per heavy atom. The van der Waals surface area contributed by atoms with Crippen LogP contribution in [0.3, 0.4) is 0 Å². The Balaban J connectivity index is 2.08. The zero-order valence-electron chi connectivity index (χ0n) is 13.2. The smallest absolute Gasteiger partial charge is 0.106 e. The first-order chi connectivity index (χ1) is 10.2. The quantitative estimate of drug-likeness (QED) is 0.847. The topological polar surface area (TPSA) is 53.6 Å². The van der Waals surface area contributed by atoms with Crippen molar-refractivity contribution in [2.75, 3.05) is 6.54 Å². The lowest BCUT2D eigenvalue weighted by Gasteiger charge is -2.26. The number of rotatable bonds is 7. The molecule has 2 rings (SSSR count). The van der Waals surface area contributed by atoms with Gasteiger partial charge in [-0.3, -0.25) is 5.32 Å². The van der Waals surface area contributed by atoms with Crippen LogP contribution in [0, 0.1) is 18.3 Å². The lowest BCUT2D eigenvalue weighted by atomic mass is 9.92. The lowest BCUT2D eigenvalue weighted by molar-refractivity contribution is 0.363. The van der Waals surface area contributed by atoms with E-state index in [1.165, 1.54) is 5.52 Å². The Labute approximate surface area is 126 Å². The van der Waals surface area contributed by atoms with Crippen LogP contribution in [0.2, 0.25) is 0 Å². The van der Waals surface area contributed by atoms with Crippen molar-refractivity contribution in [3.8, 4) is 6.07 Å². The summed E-state index contributed by atoms with van der Waals surface area (Å²) in [6.07, 6.45) is 2.66. The highest BCUT2D eigenvalue weighted by atomic mass is 15.1. The van der Waals surface area contributed by atoms with Crippen molar-refractivity contribution in [1.29, 1.82) is 5.26 Å². The van der Waals surface area contributed by atoms with Crippen LogP contribution in [0.4, 0.5) is 0 Å². The van der Waals surface area contributed by atoms with E-state index in [0.29, 0.717) is 0 Å². The van der Waals surface area contributed by atoms with E-state index < -0.39 is 0 Å². The van der Waals surface area contributed by atoms with Crippen molar-refractivity contribution in [2.24, 2.45) is 0 Å². The molecular weight excluding hydrogens is 260 g/mol. The number of benzene rings is 1. The molecule has 4 nitrogen and oxygen atoms in total. The number of imidazole rings is 1. The number of nitrogens with one attached hydrogen (secondary N) is 1. The van der Waals surface area contributed by atoms with Gasteiger partial charge in [0.05, 0.1) is 17.1 Å². The van der Waals surface area contributed by atoms with Gasteiger partial charge in [-0.1, -0.05) is 26.0 Å². The van der Waals surface area contributed by atoms with E-state index in [2.05, 4.69) is 40.9 Å². The molecule has 0 saturated heterocycles. The normalized spacial score (nSPS) is 14.0. The molecule has 0 radical (unpaired) electrons. The molecule has 0 fully saturated rings. The molecule has 0 spiro atoms. The van der Waals surface area contributed by atoms with Crippen LogP contribution >= 0.6 is 0 Å². The standard InChI is InChI=1S/C17H24N4/c1-4-17(13-18,19-5-2)11-8-12-21-14(3)20-15-9-6-7-10-16(15)21/h6-7,9-10,19H,4-5,8,11-12H2,1-3H3. The van der Waals surface area contributed by atoms with Crippen LogP contribution in [0.15, 0.2) is 24.3 Å². The minimum absolute atomic E-state index is 0.390. The first kappa shape index (κ1) is 15.5. The molecule has 0 aliphatic heterocycles. The summed E-state index contributed by atoms with van der Waals surface area (Å²) in [6, 6.07) is 10.7. The molecule has 1 atom stereocenters. The van der Waals surface area contributed by atoms with E-state index in [-0.39, 0.29) is 5.54 Å². The monoisotopic (exact) mass is 284 g/mol. The van der Waals surface area contributed by atoms with Gasteiger partial charge in [0.2, 0.25) is 0 Å². The van der Waals surface area contributed by atoms with Crippen molar-refractivity contribution in [1.82, 2.24) is 14.9 Å². The lowest BCUT2D eigenvalue weighted by Crippen LogP contribution is -2.43. The van der Waals surface area contributed by atoms with Crippen LogP contribution in [-0.4, -0.2) is 21.6 Å². The number of nitriles is 1. The van der Waals surface area contributed by atoms with Crippen LogP contribution in [0.1, 0.15) is 38.9 Å². The largest absolute Gasteiger partial charge is 0.328 e. The van der Waals surface area contributed by atoms with Crippen molar-refractivity contribution in [3.05, 3.63) is 30.1 Å². The predicted octanol–water partition coefficient (Wildman–Crippen LogP) is 3.41. The highest BCUT2D eigenvalue weighted by Gasteiger charge is 2.26. The Morgan fingerprint density at radius 3 is 2.76 bits per heavy atom. The molecule has 0 aliphatic rings. The summed E-state index contributed by atoms with van der Waals surface area (Å²) in [6.45, 7) is 7.90. The number of aromatic nitrogens is 2. The van der Waals surface area contributed by atoms with Crippen LogP contribution < -0.4 is 5.32 Å². The SMILES string of the molecule is CCNC(C#N)(CC)CCCn1c(C)nc2ccccc21. The molecular formula is C17H24N4. The van der Waals surface area contributed by atoms with E-state index in [1.54, 1.807) is 0 Å². The molecule has 4 heteroatoms. The Hall–Kier alpha value is -1.86. The van der Waals surface area contributed by atoms with E-state index in [4.69, 9.17) is 0 Å². The van der Waals surface area contributed by atoms with E-state index in [0.717, 1.165) is 43.7 Å². The molecule has 1 N–H and O–H groups in total. The van der Waals surface area contributed by atoms with Gasteiger partial charge in [0.15, 0.2) is 0 Å². The van der Waals surface area contributed by atoms with Gasteiger partial charge in [0.1, 0.15) is 11.4 Å². The molecule has 0 saturated carbocycles. The maximum Gasteiger partial charge on any atom is 0.106 e. The van der Waals surface area contributed by atoms with Gasteiger partial charge in [-0.25, -0.2) is 4.98 Å². The predicted molar refractivity (Wildman–Crippen MR) is 86.0 cm³/mol. The number of hydrogen-bond acceptors (Lipinski definition) is 3. The zero-order valence-corrected chi connectivity index (χ0v) is 13.2. The molecule has 1 aromatic heterocycles. The third-order valence-electron chi connectivity index (χ3n) is 4.16. The second-order valence-corrected chi connectivity index (χ2v) is 5.48. The highest BCUT2D eigenvalue weighted by molar-refractivity contribution is 5.75. The number of hydrogen-bond donors (Lipinski definition) is 1. The van der Waals surface area contributed by atoms with Crippen LogP contribution in [0.25, 0.3) is 11.0 Å². The minimum Gasteiger partial charge on any atom is -0.328 e. The van der Waals surface area contributed by atoms with Crippen molar-refractivity contribution in [2.45, 2.75) is 52.1 Å². The fourth-order valence-electron chi connectivity index (χ4n) is 2.92. The summed E-state index contributed by atoms with van der Waals surface area (Å²) >= 11 is 0. The zero-order chi connectivity index (χ0) is 15.3. The summed E-state index contributed by atoms with van der Waals surface area (Å²) in [5, 5.41) is 12.8. The van der Waals surface area contributed by atoms with Gasteiger partial charge in [0, 0.05) is 6.54 Å². The fraction of sp³-hybridized carbons (Fsp3) is 0.529. The van der Waals surface area contributed by atoms with Gasteiger partial charge in [-0.05, 0) is 44.9 Å². The number of nitrogens with zero attached hydrogens (tertiary/aromatic N) is 3. The van der Waals surface area contributed by atoms with Gasteiger partial charge in [-0.2, -0.15) is 5.26 Å². The van der Waals surface area contributed by atoms with Gasteiger partial charge in [-0.15, -0.1) is 0 Å². The second-order valence-electron chi connectivity index (χ2n) is 5.48. The minimum atomic E-state index is -0.390. The van der Waals surface area contributed by atoms with E-state index in [1.807, 2.05) is 25.1 Å². The van der Waals surface area contributed by atoms with E-state index in [9.17, 15) is 5.26 Å². The molecule has 2 aromatic rings. The number of aryl methyl sites for hydroxylation is 2. The van der Waals surface area contributed by atoms with Gasteiger partial charge < -0.3 is 4.57 Å². The van der Waals surface area contributed by atoms with E-state index >= 15 is 0 Å². The van der Waals surface area contributed by atoms with Crippen LogP contribution in [0.5, 0.6) is 0 Å². The Kier molecular flexibility index (Phi) is 4.98. The molecule has 0 amide bonds. The average molecular weight is 284 g/mol. The molecule has 1 unspecified atom stereocenters. The highest BCUT2D eigenvalue weighted by Crippen LogP contribution is 2.20. The number of fused-ring (bicyclic) bond motifs is 1. The molecule has 1 aromatic carbocycles. The summed E-state index contributed by atoms with van der Waals surface area (Å²) in [4.78, 5) is 4.59.